The van der Waals surface area contributed by atoms with E-state index in [1.807, 2.05) is 0 Å². The molecule has 1 aromatic carbocycles. The molecule has 0 saturated carbocycles. The Labute approximate surface area is 138 Å². The lowest BCUT2D eigenvalue weighted by atomic mass is 10.2. The molecule has 0 spiro atoms. The van der Waals surface area contributed by atoms with E-state index >= 15 is 0 Å². The van der Waals surface area contributed by atoms with Gasteiger partial charge in [0.2, 0.25) is 5.91 Å². The molecule has 0 aliphatic carbocycles. The van der Waals surface area contributed by atoms with Crippen LogP contribution in [0.1, 0.15) is 44.0 Å². The van der Waals surface area contributed by atoms with Crippen LogP contribution in [0, 0.1) is 0 Å². The van der Waals surface area contributed by atoms with E-state index in [0.717, 1.165) is 19.4 Å². The molecule has 0 unspecified atom stereocenters. The number of carbonyl (C=O) groups is 2. The number of carbonyl (C=O) groups excluding carboxylic acids is 2. The number of ether oxygens (including phenoxy) is 1. The minimum atomic E-state index is -0.387. The Kier molecular flexibility index (Phi) is 10.2. The van der Waals surface area contributed by atoms with Crippen LogP contribution in [0.4, 0.5) is 5.69 Å². The van der Waals surface area contributed by atoms with Crippen LogP contribution >= 0.6 is 12.4 Å². The van der Waals surface area contributed by atoms with Gasteiger partial charge in [0.1, 0.15) is 0 Å². The van der Waals surface area contributed by atoms with E-state index in [1.165, 1.54) is 0 Å². The lowest BCUT2D eigenvalue weighted by Gasteiger charge is -2.10. The summed E-state index contributed by atoms with van der Waals surface area (Å²) >= 11 is 0. The van der Waals surface area contributed by atoms with Crippen LogP contribution in [0.25, 0.3) is 0 Å². The zero-order chi connectivity index (χ0) is 15.7. The second-order valence-electron chi connectivity index (χ2n) is 5.11. The third-order valence-electron chi connectivity index (χ3n) is 2.72. The summed E-state index contributed by atoms with van der Waals surface area (Å²) in [4.78, 5) is 23.5. The fraction of sp³-hybridized carbons (Fsp3) is 0.500. The van der Waals surface area contributed by atoms with Crippen molar-refractivity contribution in [2.45, 2.75) is 39.7 Å². The molecule has 1 rings (SSSR count). The van der Waals surface area contributed by atoms with Gasteiger partial charge in [-0.25, -0.2) is 4.79 Å². The number of hydrogen-bond acceptors (Lipinski definition) is 4. The number of hydrogen-bond donors (Lipinski definition) is 2. The summed E-state index contributed by atoms with van der Waals surface area (Å²) in [7, 11) is 0. The molecule has 0 fully saturated rings. The van der Waals surface area contributed by atoms with Gasteiger partial charge in [-0.15, -0.1) is 12.4 Å². The van der Waals surface area contributed by atoms with Gasteiger partial charge >= 0.3 is 5.97 Å². The van der Waals surface area contributed by atoms with E-state index in [9.17, 15) is 9.59 Å². The highest BCUT2D eigenvalue weighted by molar-refractivity contribution is 5.95. The zero-order valence-electron chi connectivity index (χ0n) is 13.3. The Morgan fingerprint density at radius 2 is 2.00 bits per heavy atom. The predicted molar refractivity (Wildman–Crippen MR) is 90.6 cm³/mol. The first kappa shape index (κ1) is 20.4. The predicted octanol–water partition coefficient (Wildman–Crippen LogP) is 3.00. The van der Waals surface area contributed by atoms with Gasteiger partial charge in [0.25, 0.3) is 0 Å². The van der Waals surface area contributed by atoms with Crippen molar-refractivity contribution in [1.82, 2.24) is 5.32 Å². The van der Waals surface area contributed by atoms with Crippen LogP contribution in [-0.4, -0.2) is 31.1 Å². The largest absolute Gasteiger partial charge is 0.459 e. The molecule has 124 valence electrons. The number of esters is 1. The lowest BCUT2D eigenvalue weighted by molar-refractivity contribution is -0.115. The van der Waals surface area contributed by atoms with Crippen LogP contribution in [0.2, 0.25) is 0 Å². The first-order chi connectivity index (χ1) is 10.0. The standard InChI is InChI=1S/C16H24N2O3.ClH/c1-4-5-9-17-11-15(19)18-14-8-6-7-13(10-14)16(20)21-12(2)3;/h6-8,10,12,17H,4-5,9,11H2,1-3H3,(H,18,19);1H. The number of rotatable bonds is 8. The first-order valence-corrected chi connectivity index (χ1v) is 7.34. The molecule has 1 aromatic rings. The number of amides is 1. The Morgan fingerprint density at radius 3 is 2.64 bits per heavy atom. The molecule has 0 radical (unpaired) electrons. The summed E-state index contributed by atoms with van der Waals surface area (Å²) in [5.74, 6) is -0.511. The average molecular weight is 329 g/mol. The smallest absolute Gasteiger partial charge is 0.338 e. The van der Waals surface area contributed by atoms with E-state index in [-0.39, 0.29) is 36.9 Å². The second-order valence-corrected chi connectivity index (χ2v) is 5.11. The average Bonchev–Trinajstić information content (AvgIpc) is 2.43. The fourth-order valence-corrected chi connectivity index (χ4v) is 1.71. The number of unbranched alkanes of at least 4 members (excludes halogenated alkanes) is 1. The van der Waals surface area contributed by atoms with Crippen molar-refractivity contribution >= 4 is 30.0 Å². The van der Waals surface area contributed by atoms with Gasteiger partial charge < -0.3 is 15.4 Å². The minimum absolute atomic E-state index is 0. The molecule has 5 nitrogen and oxygen atoms in total. The van der Waals surface area contributed by atoms with Crippen molar-refractivity contribution in [3.8, 4) is 0 Å². The molecule has 6 heteroatoms. The van der Waals surface area contributed by atoms with Crippen molar-refractivity contribution in [1.29, 1.82) is 0 Å². The van der Waals surface area contributed by atoms with Crippen LogP contribution in [0.3, 0.4) is 0 Å². The summed E-state index contributed by atoms with van der Waals surface area (Å²) in [5.41, 5.74) is 1.02. The second kappa shape index (κ2) is 11.0. The summed E-state index contributed by atoms with van der Waals surface area (Å²) in [6, 6.07) is 6.75. The lowest BCUT2D eigenvalue weighted by Crippen LogP contribution is -2.28. The van der Waals surface area contributed by atoms with Gasteiger partial charge in [0.05, 0.1) is 18.2 Å². The van der Waals surface area contributed by atoms with Gasteiger partial charge in [-0.1, -0.05) is 19.4 Å². The van der Waals surface area contributed by atoms with Crippen molar-refractivity contribution < 1.29 is 14.3 Å². The molecule has 0 aliphatic heterocycles. The van der Waals surface area contributed by atoms with E-state index in [1.54, 1.807) is 38.1 Å². The Morgan fingerprint density at radius 1 is 1.27 bits per heavy atom. The highest BCUT2D eigenvalue weighted by atomic mass is 35.5. The third-order valence-corrected chi connectivity index (χ3v) is 2.72. The van der Waals surface area contributed by atoms with Crippen LogP contribution in [0.5, 0.6) is 0 Å². The maximum atomic E-state index is 11.8. The quantitative estimate of drug-likeness (QED) is 0.568. The summed E-state index contributed by atoms with van der Waals surface area (Å²) in [5, 5.41) is 5.82. The van der Waals surface area contributed by atoms with E-state index in [2.05, 4.69) is 17.6 Å². The normalized spacial score (nSPS) is 10.0. The maximum Gasteiger partial charge on any atom is 0.338 e. The Hall–Kier alpha value is -1.59. The molecular weight excluding hydrogens is 304 g/mol. The van der Waals surface area contributed by atoms with Crippen LogP contribution in [-0.2, 0) is 9.53 Å². The molecule has 0 heterocycles. The Bertz CT molecular complexity index is 478. The van der Waals surface area contributed by atoms with Crippen molar-refractivity contribution in [3.05, 3.63) is 29.8 Å². The molecule has 0 bridgehead atoms. The summed E-state index contributed by atoms with van der Waals surface area (Å²) in [6.07, 6.45) is 1.97. The molecule has 0 atom stereocenters. The molecular formula is C16H25ClN2O3. The van der Waals surface area contributed by atoms with E-state index in [0.29, 0.717) is 11.3 Å². The highest BCUT2D eigenvalue weighted by Crippen LogP contribution is 2.12. The van der Waals surface area contributed by atoms with Crippen molar-refractivity contribution in [2.24, 2.45) is 0 Å². The zero-order valence-corrected chi connectivity index (χ0v) is 14.2. The molecule has 0 saturated heterocycles. The summed E-state index contributed by atoms with van der Waals surface area (Å²) in [6.45, 7) is 6.78. The Balaban J connectivity index is 0.00000441. The molecule has 2 N–H and O–H groups in total. The van der Waals surface area contributed by atoms with E-state index in [4.69, 9.17) is 4.74 Å². The van der Waals surface area contributed by atoms with Crippen molar-refractivity contribution in [2.75, 3.05) is 18.4 Å². The number of benzene rings is 1. The SMILES string of the molecule is CCCCNCC(=O)Nc1cccc(C(=O)OC(C)C)c1.Cl. The van der Waals surface area contributed by atoms with Gasteiger partial charge in [0.15, 0.2) is 0 Å². The first-order valence-electron chi connectivity index (χ1n) is 7.34. The van der Waals surface area contributed by atoms with E-state index < -0.39 is 0 Å². The van der Waals surface area contributed by atoms with Gasteiger partial charge in [-0.2, -0.15) is 0 Å². The monoisotopic (exact) mass is 328 g/mol. The topological polar surface area (TPSA) is 67.4 Å². The third kappa shape index (κ3) is 8.00. The molecule has 0 aromatic heterocycles. The van der Waals surface area contributed by atoms with Crippen molar-refractivity contribution in [3.63, 3.8) is 0 Å². The highest BCUT2D eigenvalue weighted by Gasteiger charge is 2.10. The van der Waals surface area contributed by atoms with Crippen LogP contribution in [0.15, 0.2) is 24.3 Å². The minimum Gasteiger partial charge on any atom is -0.459 e. The molecule has 1 amide bonds. The number of nitrogens with one attached hydrogen (secondary N) is 2. The van der Waals surface area contributed by atoms with Gasteiger partial charge in [-0.3, -0.25) is 4.79 Å². The fourth-order valence-electron chi connectivity index (χ4n) is 1.71. The molecule has 0 aliphatic rings. The summed E-state index contributed by atoms with van der Waals surface area (Å²) < 4.78 is 5.12. The van der Waals surface area contributed by atoms with Gasteiger partial charge in [0, 0.05) is 5.69 Å². The number of halogens is 1. The molecule has 22 heavy (non-hydrogen) atoms. The van der Waals surface area contributed by atoms with Gasteiger partial charge in [-0.05, 0) is 45.0 Å². The van der Waals surface area contributed by atoms with Crippen LogP contribution < -0.4 is 10.6 Å². The maximum absolute atomic E-state index is 11.8. The number of anilines is 1.